The van der Waals surface area contributed by atoms with Crippen LogP contribution in [0.5, 0.6) is 0 Å². The number of rotatable bonds is 2. The Morgan fingerprint density at radius 2 is 2.43 bits per heavy atom. The zero-order valence-corrected chi connectivity index (χ0v) is 5.20. The summed E-state index contributed by atoms with van der Waals surface area (Å²) in [5, 5.41) is 0.738. The van der Waals surface area contributed by atoms with Crippen molar-refractivity contribution in [2.24, 2.45) is 0 Å². The fourth-order valence-corrected chi connectivity index (χ4v) is 0.433. The van der Waals surface area contributed by atoms with E-state index in [2.05, 4.69) is 6.58 Å². The first-order chi connectivity index (χ1) is 3.31. The van der Waals surface area contributed by atoms with E-state index in [4.69, 9.17) is 11.6 Å². The van der Waals surface area contributed by atoms with Crippen LogP contribution in [0.25, 0.3) is 0 Å². The lowest BCUT2D eigenvalue weighted by molar-refractivity contribution is 1.22. The maximum atomic E-state index is 5.51. The summed E-state index contributed by atoms with van der Waals surface area (Å²) in [5.41, 5.74) is 0. The first-order valence-corrected chi connectivity index (χ1v) is 2.67. The summed E-state index contributed by atoms with van der Waals surface area (Å²) in [6.45, 7) is 5.51. The van der Waals surface area contributed by atoms with Crippen LogP contribution >= 0.6 is 11.6 Å². The molecule has 0 aliphatic heterocycles. The monoisotopic (exact) mass is 116 g/mol. The standard InChI is InChI=1S/C6H9Cl/c1-3-5-6(7)4-2/h4-5H,2-3H2,1H3. The van der Waals surface area contributed by atoms with Crippen molar-refractivity contribution in [1.82, 2.24) is 0 Å². The van der Waals surface area contributed by atoms with Crippen molar-refractivity contribution in [1.29, 1.82) is 0 Å². The lowest BCUT2D eigenvalue weighted by Gasteiger charge is -1.80. The van der Waals surface area contributed by atoms with Gasteiger partial charge in [-0.2, -0.15) is 0 Å². The number of halogens is 1. The molecule has 0 amide bonds. The van der Waals surface area contributed by atoms with Crippen LogP contribution in [0.1, 0.15) is 13.3 Å². The molecule has 0 fully saturated rings. The number of hydrogen-bond acceptors (Lipinski definition) is 0. The summed E-state index contributed by atoms with van der Waals surface area (Å²) in [4.78, 5) is 0. The van der Waals surface area contributed by atoms with E-state index >= 15 is 0 Å². The summed E-state index contributed by atoms with van der Waals surface area (Å²) in [6, 6.07) is 0. The second kappa shape index (κ2) is 3.94. The van der Waals surface area contributed by atoms with Crippen molar-refractivity contribution in [2.45, 2.75) is 13.3 Å². The van der Waals surface area contributed by atoms with Crippen molar-refractivity contribution in [2.75, 3.05) is 0 Å². The first kappa shape index (κ1) is 6.77. The maximum Gasteiger partial charge on any atom is 0.0360 e. The molecule has 0 aliphatic carbocycles. The van der Waals surface area contributed by atoms with Crippen molar-refractivity contribution < 1.29 is 0 Å². The van der Waals surface area contributed by atoms with Gasteiger partial charge in [-0.15, -0.1) is 0 Å². The lowest BCUT2D eigenvalue weighted by atomic mass is 10.4. The van der Waals surface area contributed by atoms with Crippen LogP contribution in [0, 0.1) is 0 Å². The minimum absolute atomic E-state index is 0.738. The van der Waals surface area contributed by atoms with Crippen LogP contribution < -0.4 is 0 Å². The van der Waals surface area contributed by atoms with Gasteiger partial charge in [-0.1, -0.05) is 37.3 Å². The second-order valence-electron chi connectivity index (χ2n) is 1.20. The molecule has 1 heteroatoms. The van der Waals surface area contributed by atoms with Crippen LogP contribution in [0.2, 0.25) is 0 Å². The van der Waals surface area contributed by atoms with E-state index in [9.17, 15) is 0 Å². The van der Waals surface area contributed by atoms with Gasteiger partial charge >= 0.3 is 0 Å². The van der Waals surface area contributed by atoms with Gasteiger partial charge < -0.3 is 0 Å². The normalized spacial score (nSPS) is 11.4. The van der Waals surface area contributed by atoms with E-state index in [1.807, 2.05) is 13.0 Å². The van der Waals surface area contributed by atoms with Crippen LogP contribution in [0.3, 0.4) is 0 Å². The van der Waals surface area contributed by atoms with Crippen molar-refractivity contribution >= 4 is 11.6 Å². The van der Waals surface area contributed by atoms with E-state index in [0.717, 1.165) is 11.5 Å². The second-order valence-corrected chi connectivity index (χ2v) is 1.64. The quantitative estimate of drug-likeness (QED) is 0.487. The Labute approximate surface area is 49.5 Å². The molecule has 0 rings (SSSR count). The Bertz CT molecular complexity index is 82.2. The molecule has 0 aromatic heterocycles. The largest absolute Gasteiger partial charge is 0.0976 e. The molecule has 0 spiro atoms. The third-order valence-electron chi connectivity index (χ3n) is 0.594. The molecule has 0 bridgehead atoms. The molecule has 0 aliphatic rings. The van der Waals surface area contributed by atoms with Crippen molar-refractivity contribution in [3.63, 3.8) is 0 Å². The Morgan fingerprint density at radius 3 is 2.57 bits per heavy atom. The molecule has 0 N–H and O–H groups in total. The Hall–Kier alpha value is -0.230. The van der Waals surface area contributed by atoms with Gasteiger partial charge in [0.25, 0.3) is 0 Å². The van der Waals surface area contributed by atoms with E-state index in [-0.39, 0.29) is 0 Å². The maximum absolute atomic E-state index is 5.51. The van der Waals surface area contributed by atoms with Crippen LogP contribution in [-0.4, -0.2) is 0 Å². The molecular weight excluding hydrogens is 108 g/mol. The summed E-state index contributed by atoms with van der Waals surface area (Å²) in [7, 11) is 0. The molecule has 0 aromatic carbocycles. The summed E-state index contributed by atoms with van der Waals surface area (Å²) >= 11 is 5.51. The number of allylic oxidation sites excluding steroid dienone is 3. The number of hydrogen-bond donors (Lipinski definition) is 0. The summed E-state index contributed by atoms with van der Waals surface area (Å²) in [6.07, 6.45) is 4.52. The third kappa shape index (κ3) is 3.60. The Morgan fingerprint density at radius 1 is 1.86 bits per heavy atom. The van der Waals surface area contributed by atoms with Crippen LogP contribution in [-0.2, 0) is 0 Å². The Kier molecular flexibility index (Phi) is 3.81. The molecule has 0 saturated heterocycles. The highest BCUT2D eigenvalue weighted by atomic mass is 35.5. The molecule has 7 heavy (non-hydrogen) atoms. The van der Waals surface area contributed by atoms with Gasteiger partial charge in [0.2, 0.25) is 0 Å². The van der Waals surface area contributed by atoms with Crippen molar-refractivity contribution in [3.05, 3.63) is 23.8 Å². The van der Waals surface area contributed by atoms with Crippen LogP contribution in [0.4, 0.5) is 0 Å². The minimum Gasteiger partial charge on any atom is -0.0976 e. The minimum atomic E-state index is 0.738. The Balaban J connectivity index is 3.49. The van der Waals surface area contributed by atoms with Crippen LogP contribution in [0.15, 0.2) is 23.8 Å². The highest BCUT2D eigenvalue weighted by Gasteiger charge is 1.75. The van der Waals surface area contributed by atoms with Crippen molar-refractivity contribution in [3.8, 4) is 0 Å². The zero-order chi connectivity index (χ0) is 5.70. The molecule has 0 radical (unpaired) electrons. The molecule has 0 atom stereocenters. The summed E-state index contributed by atoms with van der Waals surface area (Å²) in [5.74, 6) is 0. The van der Waals surface area contributed by atoms with E-state index in [1.54, 1.807) is 6.08 Å². The van der Waals surface area contributed by atoms with Gasteiger partial charge in [0.05, 0.1) is 0 Å². The third-order valence-corrected chi connectivity index (χ3v) is 0.903. The SMILES string of the molecule is C=CC(Cl)=CCC. The average molecular weight is 117 g/mol. The fourth-order valence-electron chi connectivity index (χ4n) is 0.278. The highest BCUT2D eigenvalue weighted by Crippen LogP contribution is 2.01. The van der Waals surface area contributed by atoms with Gasteiger partial charge in [-0.3, -0.25) is 0 Å². The zero-order valence-electron chi connectivity index (χ0n) is 4.45. The predicted octanol–water partition coefficient (Wildman–Crippen LogP) is 2.71. The molecule has 0 heterocycles. The van der Waals surface area contributed by atoms with Gasteiger partial charge in [0, 0.05) is 5.03 Å². The van der Waals surface area contributed by atoms with E-state index in [1.165, 1.54) is 0 Å². The van der Waals surface area contributed by atoms with Gasteiger partial charge in [-0.05, 0) is 6.42 Å². The fraction of sp³-hybridized carbons (Fsp3) is 0.333. The molecule has 0 nitrogen and oxygen atoms in total. The highest BCUT2D eigenvalue weighted by molar-refractivity contribution is 6.31. The molecule has 0 aromatic rings. The van der Waals surface area contributed by atoms with Gasteiger partial charge in [-0.25, -0.2) is 0 Å². The van der Waals surface area contributed by atoms with E-state index < -0.39 is 0 Å². The summed E-state index contributed by atoms with van der Waals surface area (Å²) < 4.78 is 0. The molecule has 40 valence electrons. The molecule has 0 saturated carbocycles. The topological polar surface area (TPSA) is 0 Å². The van der Waals surface area contributed by atoms with Gasteiger partial charge in [0.15, 0.2) is 0 Å². The first-order valence-electron chi connectivity index (χ1n) is 2.29. The lowest BCUT2D eigenvalue weighted by Crippen LogP contribution is -1.57. The average Bonchev–Trinajstić information content (AvgIpc) is 1.68. The predicted molar refractivity (Wildman–Crippen MR) is 34.4 cm³/mol. The molecular formula is C6H9Cl. The van der Waals surface area contributed by atoms with Gasteiger partial charge in [0.1, 0.15) is 0 Å². The molecule has 0 unspecified atom stereocenters. The smallest absolute Gasteiger partial charge is 0.0360 e. The van der Waals surface area contributed by atoms with E-state index in [0.29, 0.717) is 0 Å².